The van der Waals surface area contributed by atoms with Crippen LogP contribution in [0.4, 0.5) is 32.0 Å². The molecule has 0 saturated heterocycles. The van der Waals surface area contributed by atoms with E-state index >= 15 is 0 Å². The molecule has 1 amide bonds. The molecule has 0 spiro atoms. The van der Waals surface area contributed by atoms with Crippen LogP contribution in [0.1, 0.15) is 23.6 Å². The van der Waals surface area contributed by atoms with Gasteiger partial charge < -0.3 is 5.32 Å². The van der Waals surface area contributed by atoms with Gasteiger partial charge >= 0.3 is 12.4 Å². The van der Waals surface area contributed by atoms with Crippen LogP contribution < -0.4 is 10.0 Å². The second-order valence-electron chi connectivity index (χ2n) is 6.06. The average Bonchev–Trinajstić information content (AvgIpc) is 2.59. The number of benzene rings is 2. The van der Waals surface area contributed by atoms with Gasteiger partial charge in [-0.3, -0.25) is 4.79 Å². The normalized spacial score (nSPS) is 12.7. The van der Waals surface area contributed by atoms with E-state index in [4.69, 9.17) is 11.6 Å². The maximum atomic E-state index is 12.9. The Morgan fingerprint density at radius 1 is 0.967 bits per heavy atom. The Morgan fingerprint density at radius 3 is 1.93 bits per heavy atom. The maximum Gasteiger partial charge on any atom is 0.416 e. The Morgan fingerprint density at radius 2 is 1.50 bits per heavy atom. The summed E-state index contributed by atoms with van der Waals surface area (Å²) in [4.78, 5) is 10.6. The van der Waals surface area contributed by atoms with Gasteiger partial charge in [0.1, 0.15) is 0 Å². The highest BCUT2D eigenvalue weighted by Gasteiger charge is 2.37. The van der Waals surface area contributed by atoms with Crippen LogP contribution in [0.2, 0.25) is 5.02 Å². The molecule has 2 aromatic carbocycles. The molecule has 0 aromatic heterocycles. The van der Waals surface area contributed by atoms with E-state index in [1.165, 1.54) is 13.0 Å². The van der Waals surface area contributed by atoms with Crippen LogP contribution in [-0.2, 0) is 33.7 Å². The summed E-state index contributed by atoms with van der Waals surface area (Å²) < 4.78 is 104. The van der Waals surface area contributed by atoms with Crippen molar-refractivity contribution in [2.24, 2.45) is 0 Å². The molecule has 13 heteroatoms. The van der Waals surface area contributed by atoms with Gasteiger partial charge in [-0.05, 0) is 42.0 Å². The number of alkyl halides is 6. The zero-order chi connectivity index (χ0) is 22.9. The molecule has 0 radical (unpaired) electrons. The molecule has 0 aliphatic carbocycles. The van der Waals surface area contributed by atoms with E-state index in [0.29, 0.717) is 12.1 Å². The predicted molar refractivity (Wildman–Crippen MR) is 96.2 cm³/mol. The minimum atomic E-state index is -5.05. The number of hydrogen-bond donors (Lipinski definition) is 2. The topological polar surface area (TPSA) is 75.3 Å². The third-order valence-electron chi connectivity index (χ3n) is 3.68. The van der Waals surface area contributed by atoms with Gasteiger partial charge in [0.25, 0.3) is 0 Å². The third kappa shape index (κ3) is 6.09. The minimum Gasteiger partial charge on any atom is -0.325 e. The first-order chi connectivity index (χ1) is 13.6. The molecule has 0 bridgehead atoms. The first-order valence-electron chi connectivity index (χ1n) is 7.95. The quantitative estimate of drug-likeness (QED) is 0.610. The second kappa shape index (κ2) is 8.44. The molecule has 2 rings (SSSR count). The van der Waals surface area contributed by atoms with Gasteiger partial charge in [0.15, 0.2) is 0 Å². The molecule has 0 fully saturated rings. The van der Waals surface area contributed by atoms with E-state index < -0.39 is 56.4 Å². The van der Waals surface area contributed by atoms with E-state index in [9.17, 15) is 39.6 Å². The number of sulfonamides is 1. The van der Waals surface area contributed by atoms with Gasteiger partial charge in [-0.2, -0.15) is 26.3 Å². The zero-order valence-corrected chi connectivity index (χ0v) is 16.5. The lowest BCUT2D eigenvalue weighted by Crippen LogP contribution is -2.24. The SMILES string of the molecule is CC(=O)Nc1ccc(S(=O)(=O)NCc2cc(C(F)(F)F)cc(C(F)(F)F)c2)cc1Cl. The number of nitrogens with one attached hydrogen (secondary N) is 2. The summed E-state index contributed by atoms with van der Waals surface area (Å²) in [6, 6.07) is 4.01. The van der Waals surface area contributed by atoms with Crippen molar-refractivity contribution in [2.75, 3.05) is 5.32 Å². The van der Waals surface area contributed by atoms with Gasteiger partial charge in [-0.1, -0.05) is 11.6 Å². The lowest BCUT2D eigenvalue weighted by atomic mass is 10.0. The molecule has 0 unspecified atom stereocenters. The predicted octanol–water partition coefficient (Wildman–Crippen LogP) is 4.81. The summed E-state index contributed by atoms with van der Waals surface area (Å²) >= 11 is 5.88. The van der Waals surface area contributed by atoms with E-state index in [0.717, 1.165) is 12.1 Å². The van der Waals surface area contributed by atoms with E-state index in [-0.39, 0.29) is 16.8 Å². The van der Waals surface area contributed by atoms with Crippen molar-refractivity contribution in [3.63, 3.8) is 0 Å². The standard InChI is InChI=1S/C17H13ClF6N2O3S/c1-9(27)26-15-3-2-13(7-14(15)18)30(28,29)25-8-10-4-11(16(19,20)21)6-12(5-10)17(22,23)24/h2-7,25H,8H2,1H3,(H,26,27). The monoisotopic (exact) mass is 474 g/mol. The smallest absolute Gasteiger partial charge is 0.325 e. The molecular weight excluding hydrogens is 462 g/mol. The molecule has 2 N–H and O–H groups in total. The number of carbonyl (C=O) groups is 1. The summed E-state index contributed by atoms with van der Waals surface area (Å²) in [5.74, 6) is -0.462. The molecule has 0 aliphatic heterocycles. The summed E-state index contributed by atoms with van der Waals surface area (Å²) in [6.45, 7) is 0.368. The number of anilines is 1. The van der Waals surface area contributed by atoms with Crippen LogP contribution in [0.5, 0.6) is 0 Å². The number of rotatable bonds is 5. The number of hydrogen-bond acceptors (Lipinski definition) is 3. The van der Waals surface area contributed by atoms with Crippen LogP contribution in [0, 0.1) is 0 Å². The van der Waals surface area contributed by atoms with Gasteiger partial charge in [-0.15, -0.1) is 0 Å². The van der Waals surface area contributed by atoms with Gasteiger partial charge in [0.2, 0.25) is 15.9 Å². The van der Waals surface area contributed by atoms with Gasteiger partial charge in [0, 0.05) is 13.5 Å². The fraction of sp³-hybridized carbons (Fsp3) is 0.235. The first-order valence-corrected chi connectivity index (χ1v) is 9.81. The fourth-order valence-electron chi connectivity index (χ4n) is 2.34. The van der Waals surface area contributed by atoms with E-state index in [2.05, 4.69) is 5.32 Å². The van der Waals surface area contributed by atoms with E-state index in [1.807, 2.05) is 4.72 Å². The molecule has 0 heterocycles. The zero-order valence-electron chi connectivity index (χ0n) is 14.9. The lowest BCUT2D eigenvalue weighted by Gasteiger charge is -2.15. The Balaban J connectivity index is 2.31. The van der Waals surface area contributed by atoms with Crippen LogP contribution in [0.15, 0.2) is 41.3 Å². The van der Waals surface area contributed by atoms with E-state index in [1.54, 1.807) is 0 Å². The third-order valence-corrected chi connectivity index (χ3v) is 5.39. The lowest BCUT2D eigenvalue weighted by molar-refractivity contribution is -0.143. The van der Waals surface area contributed by atoms with Crippen molar-refractivity contribution in [2.45, 2.75) is 30.7 Å². The highest BCUT2D eigenvalue weighted by molar-refractivity contribution is 7.89. The second-order valence-corrected chi connectivity index (χ2v) is 8.24. The molecule has 5 nitrogen and oxygen atoms in total. The molecular formula is C17H13ClF6N2O3S. The minimum absolute atomic E-state index is 0.0570. The van der Waals surface area contributed by atoms with Crippen molar-refractivity contribution < 1.29 is 39.6 Å². The van der Waals surface area contributed by atoms with Crippen LogP contribution in [0.25, 0.3) is 0 Å². The number of amides is 1. The first kappa shape index (κ1) is 24.0. The molecule has 0 aliphatic rings. The summed E-state index contributed by atoms with van der Waals surface area (Å²) in [5.41, 5.74) is -3.54. The van der Waals surface area contributed by atoms with Gasteiger partial charge in [0.05, 0.1) is 26.7 Å². The summed E-state index contributed by atoms with van der Waals surface area (Å²) in [5, 5.41) is 2.22. The Bertz CT molecular complexity index is 1040. The number of carbonyl (C=O) groups excluding carboxylic acids is 1. The highest BCUT2D eigenvalue weighted by atomic mass is 35.5. The van der Waals surface area contributed by atoms with Crippen molar-refractivity contribution in [1.82, 2.24) is 4.72 Å². The summed E-state index contributed by atoms with van der Waals surface area (Å²) in [7, 11) is -4.33. The Hall–Kier alpha value is -2.31. The Kier molecular flexibility index (Phi) is 6.74. The maximum absolute atomic E-state index is 12.9. The Labute approximate surface area is 172 Å². The average molecular weight is 475 g/mol. The van der Waals surface area contributed by atoms with Crippen molar-refractivity contribution in [3.05, 3.63) is 58.1 Å². The molecule has 0 atom stereocenters. The van der Waals surface area contributed by atoms with Gasteiger partial charge in [-0.25, -0.2) is 13.1 Å². The number of halogens is 7. The van der Waals surface area contributed by atoms with Crippen molar-refractivity contribution in [1.29, 1.82) is 0 Å². The summed E-state index contributed by atoms with van der Waals surface area (Å²) in [6.07, 6.45) is -10.1. The fourth-order valence-corrected chi connectivity index (χ4v) is 3.67. The molecule has 30 heavy (non-hydrogen) atoms. The van der Waals surface area contributed by atoms with Crippen LogP contribution in [0.3, 0.4) is 0 Å². The largest absolute Gasteiger partial charge is 0.416 e. The molecule has 164 valence electrons. The highest BCUT2D eigenvalue weighted by Crippen LogP contribution is 2.36. The van der Waals surface area contributed by atoms with Crippen LogP contribution in [-0.4, -0.2) is 14.3 Å². The van der Waals surface area contributed by atoms with Crippen molar-refractivity contribution >= 4 is 33.2 Å². The molecule has 2 aromatic rings. The van der Waals surface area contributed by atoms with Crippen molar-refractivity contribution in [3.8, 4) is 0 Å². The van der Waals surface area contributed by atoms with Crippen LogP contribution >= 0.6 is 11.6 Å². The molecule has 0 saturated carbocycles.